The number of hydrogen-bond acceptors (Lipinski definition) is 3. The molecule has 2 aromatic carbocycles. The second-order valence-electron chi connectivity index (χ2n) is 8.20. The standard InChI is InChI=1S/C25H33N5O.HI/c1-19-17-30(12-13-31-19)18-21-7-5-6-20(14-21)15-29-25(26-2)27-11-10-22-16-28-24-9-4-3-8-23(22)24;/h3-9,14,16,19,28H,10-13,15,17-18H2,1-2H3,(H2,26,27,29);1H. The quantitative estimate of drug-likeness (QED) is 0.239. The van der Waals surface area contributed by atoms with Gasteiger partial charge in [0.05, 0.1) is 12.7 Å². The van der Waals surface area contributed by atoms with Crippen LogP contribution in [0.3, 0.4) is 0 Å². The third-order valence-corrected chi connectivity index (χ3v) is 5.77. The average Bonchev–Trinajstić information content (AvgIpc) is 3.19. The Morgan fingerprint density at radius 2 is 2.00 bits per heavy atom. The first kappa shape index (κ1) is 24.5. The van der Waals surface area contributed by atoms with E-state index in [0.29, 0.717) is 6.10 Å². The number of nitrogens with zero attached hydrogens (tertiary/aromatic N) is 2. The summed E-state index contributed by atoms with van der Waals surface area (Å²) in [6.45, 7) is 7.51. The minimum Gasteiger partial charge on any atom is -0.376 e. The summed E-state index contributed by atoms with van der Waals surface area (Å²) in [7, 11) is 1.82. The second-order valence-corrected chi connectivity index (χ2v) is 8.20. The van der Waals surface area contributed by atoms with Crippen molar-refractivity contribution in [2.45, 2.75) is 32.5 Å². The number of guanidine groups is 1. The van der Waals surface area contributed by atoms with Crippen LogP contribution in [-0.4, -0.2) is 55.2 Å². The summed E-state index contributed by atoms with van der Waals surface area (Å²) < 4.78 is 5.65. The minimum atomic E-state index is 0. The Balaban J connectivity index is 0.00000289. The third-order valence-electron chi connectivity index (χ3n) is 5.77. The van der Waals surface area contributed by atoms with Crippen LogP contribution in [0.15, 0.2) is 59.7 Å². The molecule has 1 atom stereocenters. The Kier molecular flexibility index (Phi) is 9.37. The van der Waals surface area contributed by atoms with Crippen molar-refractivity contribution in [1.82, 2.24) is 20.5 Å². The number of H-pyrrole nitrogens is 1. The zero-order chi connectivity index (χ0) is 21.5. The average molecular weight is 547 g/mol. The lowest BCUT2D eigenvalue weighted by atomic mass is 10.1. The van der Waals surface area contributed by atoms with E-state index < -0.39 is 0 Å². The predicted octanol–water partition coefficient (Wildman–Crippen LogP) is 3.91. The number of nitrogens with one attached hydrogen (secondary N) is 3. The van der Waals surface area contributed by atoms with Crippen LogP contribution >= 0.6 is 24.0 Å². The fourth-order valence-corrected chi connectivity index (χ4v) is 4.19. The van der Waals surface area contributed by atoms with E-state index in [1.54, 1.807) is 0 Å². The number of hydrogen-bond donors (Lipinski definition) is 3. The van der Waals surface area contributed by atoms with Gasteiger partial charge < -0.3 is 20.4 Å². The van der Waals surface area contributed by atoms with Crippen LogP contribution in [0.5, 0.6) is 0 Å². The van der Waals surface area contributed by atoms with E-state index in [1.165, 1.54) is 27.6 Å². The number of benzene rings is 2. The summed E-state index contributed by atoms with van der Waals surface area (Å²) >= 11 is 0. The molecule has 172 valence electrons. The van der Waals surface area contributed by atoms with Gasteiger partial charge in [-0.25, -0.2) is 0 Å². The van der Waals surface area contributed by atoms with Gasteiger partial charge in [-0.05, 0) is 36.1 Å². The van der Waals surface area contributed by atoms with Gasteiger partial charge in [0.1, 0.15) is 0 Å². The second kappa shape index (κ2) is 12.2. The Morgan fingerprint density at radius 1 is 1.16 bits per heavy atom. The number of fused-ring (bicyclic) bond motifs is 1. The van der Waals surface area contributed by atoms with Crippen LogP contribution in [-0.2, 0) is 24.2 Å². The maximum Gasteiger partial charge on any atom is 0.191 e. The molecule has 1 saturated heterocycles. The highest BCUT2D eigenvalue weighted by atomic mass is 127. The minimum absolute atomic E-state index is 0. The smallest absolute Gasteiger partial charge is 0.191 e. The Hall–Kier alpha value is -2.10. The van der Waals surface area contributed by atoms with Crippen LogP contribution in [0, 0.1) is 0 Å². The fourth-order valence-electron chi connectivity index (χ4n) is 4.19. The molecule has 1 unspecified atom stereocenters. The molecule has 1 aromatic heterocycles. The maximum absolute atomic E-state index is 5.65. The first-order valence-electron chi connectivity index (χ1n) is 11.1. The van der Waals surface area contributed by atoms with Crippen molar-refractivity contribution >= 4 is 40.8 Å². The Bertz CT molecular complexity index is 1020. The largest absolute Gasteiger partial charge is 0.376 e. The van der Waals surface area contributed by atoms with Gasteiger partial charge in [-0.3, -0.25) is 9.89 Å². The molecule has 32 heavy (non-hydrogen) atoms. The topological polar surface area (TPSA) is 64.7 Å². The number of aromatic amines is 1. The highest BCUT2D eigenvalue weighted by Crippen LogP contribution is 2.17. The molecular formula is C25H34IN5O. The molecule has 1 aliphatic rings. The predicted molar refractivity (Wildman–Crippen MR) is 143 cm³/mol. The first-order valence-corrected chi connectivity index (χ1v) is 11.1. The molecule has 0 aliphatic carbocycles. The van der Waals surface area contributed by atoms with E-state index in [1.807, 2.05) is 7.05 Å². The molecule has 0 spiro atoms. The summed E-state index contributed by atoms with van der Waals surface area (Å²) in [4.78, 5) is 10.2. The van der Waals surface area contributed by atoms with E-state index in [0.717, 1.165) is 51.7 Å². The summed E-state index contributed by atoms with van der Waals surface area (Å²) in [5.74, 6) is 0.826. The molecule has 0 amide bonds. The molecule has 7 heteroatoms. The number of para-hydroxylation sites is 1. The van der Waals surface area contributed by atoms with Crippen LogP contribution in [0.1, 0.15) is 23.6 Å². The van der Waals surface area contributed by atoms with Crippen LogP contribution in [0.4, 0.5) is 0 Å². The molecule has 1 aliphatic heterocycles. The van der Waals surface area contributed by atoms with E-state index in [-0.39, 0.29) is 24.0 Å². The first-order chi connectivity index (χ1) is 15.2. The maximum atomic E-state index is 5.65. The molecular weight excluding hydrogens is 513 g/mol. The summed E-state index contributed by atoms with van der Waals surface area (Å²) in [5.41, 5.74) is 5.11. The van der Waals surface area contributed by atoms with Crippen molar-refractivity contribution in [3.63, 3.8) is 0 Å². The van der Waals surface area contributed by atoms with Gasteiger partial charge >= 0.3 is 0 Å². The highest BCUT2D eigenvalue weighted by Gasteiger charge is 2.16. The van der Waals surface area contributed by atoms with E-state index in [9.17, 15) is 0 Å². The molecule has 0 radical (unpaired) electrons. The van der Waals surface area contributed by atoms with E-state index in [2.05, 4.69) is 87.2 Å². The lowest BCUT2D eigenvalue weighted by Crippen LogP contribution is -2.40. The molecule has 0 saturated carbocycles. The highest BCUT2D eigenvalue weighted by molar-refractivity contribution is 14.0. The Labute approximate surface area is 207 Å². The number of aliphatic imine (C=N–C) groups is 1. The van der Waals surface area contributed by atoms with Crippen molar-refractivity contribution in [2.75, 3.05) is 33.3 Å². The third kappa shape index (κ3) is 6.70. The number of aromatic nitrogens is 1. The molecule has 4 rings (SSSR count). The van der Waals surface area contributed by atoms with Crippen molar-refractivity contribution in [1.29, 1.82) is 0 Å². The summed E-state index contributed by atoms with van der Waals surface area (Å²) in [6, 6.07) is 17.2. The normalized spacial score (nSPS) is 17.2. The van der Waals surface area contributed by atoms with Crippen LogP contribution in [0.25, 0.3) is 10.9 Å². The lowest BCUT2D eigenvalue weighted by molar-refractivity contribution is -0.0212. The van der Waals surface area contributed by atoms with Crippen molar-refractivity contribution < 1.29 is 4.74 Å². The van der Waals surface area contributed by atoms with E-state index in [4.69, 9.17) is 4.74 Å². The number of ether oxygens (including phenoxy) is 1. The molecule has 1 fully saturated rings. The monoisotopic (exact) mass is 547 g/mol. The van der Waals surface area contributed by atoms with Gasteiger partial charge in [-0.2, -0.15) is 0 Å². The SMILES string of the molecule is CN=C(NCCc1c[nH]c2ccccc12)NCc1cccc(CN2CCOC(C)C2)c1.I. The van der Waals surface area contributed by atoms with Gasteiger partial charge in [-0.15, -0.1) is 24.0 Å². The van der Waals surface area contributed by atoms with Gasteiger partial charge in [0.2, 0.25) is 0 Å². The zero-order valence-electron chi connectivity index (χ0n) is 18.9. The van der Waals surface area contributed by atoms with Crippen molar-refractivity contribution in [3.8, 4) is 0 Å². The number of morpholine rings is 1. The molecule has 2 heterocycles. The number of halogens is 1. The molecule has 3 N–H and O–H groups in total. The fraction of sp³-hybridized carbons (Fsp3) is 0.400. The summed E-state index contributed by atoms with van der Waals surface area (Å²) in [6.07, 6.45) is 3.36. The van der Waals surface area contributed by atoms with E-state index >= 15 is 0 Å². The Morgan fingerprint density at radius 3 is 2.84 bits per heavy atom. The summed E-state index contributed by atoms with van der Waals surface area (Å²) in [5, 5.41) is 8.16. The number of rotatable bonds is 7. The molecule has 3 aromatic rings. The molecule has 6 nitrogen and oxygen atoms in total. The van der Waals surface area contributed by atoms with Gasteiger partial charge in [-0.1, -0.05) is 42.5 Å². The van der Waals surface area contributed by atoms with Crippen molar-refractivity contribution in [2.24, 2.45) is 4.99 Å². The zero-order valence-corrected chi connectivity index (χ0v) is 21.3. The van der Waals surface area contributed by atoms with Crippen LogP contribution < -0.4 is 10.6 Å². The van der Waals surface area contributed by atoms with Crippen LogP contribution in [0.2, 0.25) is 0 Å². The van der Waals surface area contributed by atoms with Gasteiger partial charge in [0, 0.05) is 56.9 Å². The van der Waals surface area contributed by atoms with Gasteiger partial charge in [0.25, 0.3) is 0 Å². The van der Waals surface area contributed by atoms with Crippen molar-refractivity contribution in [3.05, 3.63) is 71.4 Å². The molecule has 0 bridgehead atoms. The van der Waals surface area contributed by atoms with Gasteiger partial charge in [0.15, 0.2) is 5.96 Å². The lowest BCUT2D eigenvalue weighted by Gasteiger charge is -2.31.